The van der Waals surface area contributed by atoms with E-state index in [1.165, 1.54) is 18.5 Å². The number of fused-ring (bicyclic) bond motifs is 1. The Morgan fingerprint density at radius 3 is 2.67 bits per heavy atom. The molecule has 0 spiro atoms. The first-order valence-corrected chi connectivity index (χ1v) is 13.1. The Morgan fingerprint density at radius 1 is 1.10 bits per heavy atom. The molecule has 202 valence electrons. The summed E-state index contributed by atoms with van der Waals surface area (Å²) < 4.78 is 32.4. The molecule has 0 aliphatic heterocycles. The fourth-order valence-electron chi connectivity index (χ4n) is 5.04. The lowest BCUT2D eigenvalue weighted by molar-refractivity contribution is -0.115. The second-order valence-electron chi connectivity index (χ2n) is 9.75. The van der Waals surface area contributed by atoms with E-state index in [4.69, 9.17) is 14.2 Å². The number of carbonyl (C=O) groups is 1. The Bertz CT molecular complexity index is 1450. The number of rotatable bonds is 11. The average molecular weight is 531 g/mol. The molecule has 1 aliphatic rings. The number of aryl methyl sites for hydroxylation is 2. The predicted molar refractivity (Wildman–Crippen MR) is 145 cm³/mol. The molecular weight excluding hydrogens is 499 g/mol. The second kappa shape index (κ2) is 12.1. The largest absolute Gasteiger partial charge is 0.493 e. The van der Waals surface area contributed by atoms with Crippen LogP contribution in [0, 0.1) is 11.7 Å². The van der Waals surface area contributed by atoms with Crippen molar-refractivity contribution < 1.29 is 23.4 Å². The van der Waals surface area contributed by atoms with Gasteiger partial charge < -0.3 is 14.2 Å². The smallest absolute Gasteiger partial charge is 0.215 e. The Morgan fingerprint density at radius 2 is 1.95 bits per heavy atom. The number of hydrogen-bond donors (Lipinski definition) is 1. The van der Waals surface area contributed by atoms with Gasteiger partial charge >= 0.3 is 0 Å². The van der Waals surface area contributed by atoms with Gasteiger partial charge in [-0.1, -0.05) is 12.6 Å². The van der Waals surface area contributed by atoms with Crippen molar-refractivity contribution >= 4 is 16.7 Å². The minimum absolute atomic E-state index is 0.0381. The van der Waals surface area contributed by atoms with Gasteiger partial charge in [-0.25, -0.2) is 19.5 Å². The van der Waals surface area contributed by atoms with Crippen LogP contribution < -0.4 is 14.2 Å². The Balaban J connectivity index is 1.29. The van der Waals surface area contributed by atoms with Crippen LogP contribution in [0.15, 0.2) is 61.6 Å². The van der Waals surface area contributed by atoms with Gasteiger partial charge in [-0.15, -0.1) is 0 Å². The number of ether oxygens (including phenoxy) is 3. The molecule has 0 unspecified atom stereocenters. The van der Waals surface area contributed by atoms with Crippen LogP contribution in [0.3, 0.4) is 0 Å². The number of carbonyl (C=O) groups excluding carboxylic acids is 1. The van der Waals surface area contributed by atoms with Crippen molar-refractivity contribution in [3.8, 4) is 23.1 Å². The van der Waals surface area contributed by atoms with Gasteiger partial charge in [-0.2, -0.15) is 5.10 Å². The Labute approximate surface area is 226 Å². The van der Waals surface area contributed by atoms with Gasteiger partial charge in [-0.05, 0) is 68.2 Å². The van der Waals surface area contributed by atoms with Gasteiger partial charge in [0.15, 0.2) is 17.3 Å². The molecule has 0 atom stereocenters. The molecule has 2 heterocycles. The third-order valence-corrected chi connectivity index (χ3v) is 7.17. The molecule has 0 radical (unpaired) electrons. The zero-order valence-corrected chi connectivity index (χ0v) is 21.9. The molecule has 8 nitrogen and oxygen atoms in total. The Hall–Kier alpha value is -4.27. The first kappa shape index (κ1) is 26.3. The zero-order valence-electron chi connectivity index (χ0n) is 21.9. The van der Waals surface area contributed by atoms with Crippen LogP contribution in [0.1, 0.15) is 43.4 Å². The summed E-state index contributed by atoms with van der Waals surface area (Å²) in [5.41, 5.74) is 2.10. The number of allylic oxidation sites excluding steroid dienone is 1. The third-order valence-electron chi connectivity index (χ3n) is 7.17. The summed E-state index contributed by atoms with van der Waals surface area (Å²) in [5, 5.41) is 7.36. The minimum Gasteiger partial charge on any atom is -0.493 e. The average Bonchev–Trinajstić information content (AvgIpc) is 3.46. The predicted octanol–water partition coefficient (Wildman–Crippen LogP) is 6.16. The maximum Gasteiger partial charge on any atom is 0.215 e. The molecule has 9 heteroatoms. The van der Waals surface area contributed by atoms with Gasteiger partial charge in [0.2, 0.25) is 5.88 Å². The summed E-state index contributed by atoms with van der Waals surface area (Å²) >= 11 is 0. The van der Waals surface area contributed by atoms with Crippen LogP contribution in [0.5, 0.6) is 23.1 Å². The van der Waals surface area contributed by atoms with E-state index in [0.29, 0.717) is 53.9 Å². The fraction of sp³-hybridized carbons (Fsp3) is 0.333. The van der Waals surface area contributed by atoms with Gasteiger partial charge in [0.25, 0.3) is 0 Å². The van der Waals surface area contributed by atoms with Gasteiger partial charge in [0.1, 0.15) is 17.9 Å². The number of nitrogens with zero attached hydrogens (tertiary/aromatic N) is 3. The van der Waals surface area contributed by atoms with Crippen molar-refractivity contribution in [3.05, 3.63) is 78.7 Å². The van der Waals surface area contributed by atoms with E-state index in [2.05, 4.69) is 26.7 Å². The molecule has 39 heavy (non-hydrogen) atoms. The first-order valence-electron chi connectivity index (χ1n) is 13.1. The number of halogens is 1. The molecule has 5 rings (SSSR count). The van der Waals surface area contributed by atoms with E-state index < -0.39 is 0 Å². The number of aromatic amines is 1. The van der Waals surface area contributed by atoms with Crippen LogP contribution in [-0.2, 0) is 17.6 Å². The lowest BCUT2D eigenvalue weighted by atomic mass is 9.84. The fourth-order valence-corrected chi connectivity index (χ4v) is 5.04. The minimum atomic E-state index is -0.346. The van der Waals surface area contributed by atoms with E-state index in [0.717, 1.165) is 42.3 Å². The van der Waals surface area contributed by atoms with E-state index in [1.807, 2.05) is 12.1 Å². The number of ketones is 1. The summed E-state index contributed by atoms with van der Waals surface area (Å²) in [7, 11) is 1.61. The van der Waals surface area contributed by atoms with Crippen molar-refractivity contribution in [2.45, 2.75) is 51.0 Å². The number of nitrogens with one attached hydrogen (secondary N) is 1. The molecule has 0 saturated heterocycles. The molecule has 4 aromatic rings. The van der Waals surface area contributed by atoms with Gasteiger partial charge in [0.05, 0.1) is 30.6 Å². The topological polar surface area (TPSA) is 99.2 Å². The number of methoxy groups -OCH3 is 1. The van der Waals surface area contributed by atoms with E-state index >= 15 is 0 Å². The number of H-pyrrole nitrogens is 1. The highest BCUT2D eigenvalue weighted by molar-refractivity contribution is 5.89. The highest BCUT2D eigenvalue weighted by Crippen LogP contribution is 2.37. The van der Waals surface area contributed by atoms with Crippen molar-refractivity contribution in [3.63, 3.8) is 0 Å². The van der Waals surface area contributed by atoms with Crippen molar-refractivity contribution in [2.24, 2.45) is 5.92 Å². The number of hydrogen-bond acceptors (Lipinski definition) is 7. The zero-order chi connectivity index (χ0) is 27.2. The summed E-state index contributed by atoms with van der Waals surface area (Å²) in [6, 6.07) is 10.3. The maximum atomic E-state index is 14.8. The lowest BCUT2D eigenvalue weighted by Gasteiger charge is -2.29. The normalized spacial score (nSPS) is 17.1. The molecule has 1 fully saturated rings. The highest BCUT2D eigenvalue weighted by Gasteiger charge is 2.25. The molecule has 1 N–H and O–H groups in total. The molecule has 1 aliphatic carbocycles. The number of benzene rings is 2. The summed E-state index contributed by atoms with van der Waals surface area (Å²) in [6.45, 7) is 3.57. The van der Waals surface area contributed by atoms with E-state index in [9.17, 15) is 9.18 Å². The van der Waals surface area contributed by atoms with Crippen molar-refractivity contribution in [1.82, 2.24) is 20.2 Å². The molecule has 1 saturated carbocycles. The van der Waals surface area contributed by atoms with E-state index in [1.54, 1.807) is 31.5 Å². The van der Waals surface area contributed by atoms with Gasteiger partial charge in [-0.3, -0.25) is 4.79 Å². The first-order chi connectivity index (χ1) is 19.0. The summed E-state index contributed by atoms with van der Waals surface area (Å²) in [5.74, 6) is 2.21. The summed E-state index contributed by atoms with van der Waals surface area (Å²) in [4.78, 5) is 20.6. The summed E-state index contributed by atoms with van der Waals surface area (Å²) in [6.07, 6.45) is 9.66. The standard InChI is InChI=1S/C30H31FN4O4/c1-3-21(36)14-19-4-8-22(9-5-19)38-29-16-24-26(32-18-33-27(24)17-28(29)37-2)11-7-20-6-10-23(15-25(20)31)39-30-12-13-34-35-30/h3,6,10,12-13,15-19,22H,1,4-5,7-9,11,14H2,2H3,(H,34,35). The van der Waals surface area contributed by atoms with Crippen LogP contribution in [0.2, 0.25) is 0 Å². The third kappa shape index (κ3) is 6.42. The molecule has 2 aromatic heterocycles. The second-order valence-corrected chi connectivity index (χ2v) is 9.75. The quantitative estimate of drug-likeness (QED) is 0.232. The van der Waals surface area contributed by atoms with Crippen LogP contribution in [0.25, 0.3) is 10.9 Å². The molecule has 2 aromatic carbocycles. The van der Waals surface area contributed by atoms with Crippen molar-refractivity contribution in [1.29, 1.82) is 0 Å². The lowest BCUT2D eigenvalue weighted by Crippen LogP contribution is -2.25. The molecule has 0 bridgehead atoms. The van der Waals surface area contributed by atoms with Crippen molar-refractivity contribution in [2.75, 3.05) is 7.11 Å². The van der Waals surface area contributed by atoms with Crippen LogP contribution >= 0.6 is 0 Å². The molecule has 0 amide bonds. The molecular formula is C30H31FN4O4. The number of aromatic nitrogens is 4. The Kier molecular flexibility index (Phi) is 8.15. The van der Waals surface area contributed by atoms with Crippen LogP contribution in [0.4, 0.5) is 4.39 Å². The maximum absolute atomic E-state index is 14.8. The monoisotopic (exact) mass is 530 g/mol. The van der Waals surface area contributed by atoms with Gasteiger partial charge in [0, 0.05) is 30.0 Å². The van der Waals surface area contributed by atoms with Crippen LogP contribution in [-0.4, -0.2) is 39.2 Å². The highest BCUT2D eigenvalue weighted by atomic mass is 19.1. The SMILES string of the molecule is C=CC(=O)CC1CCC(Oc2cc3c(CCc4ccc(Oc5ccn[nH]5)cc4F)ncnc3cc2OC)CC1. The van der Waals surface area contributed by atoms with E-state index in [-0.39, 0.29) is 17.7 Å².